The molecule has 0 aliphatic rings. The summed E-state index contributed by atoms with van der Waals surface area (Å²) in [5.41, 5.74) is 1.24. The maximum absolute atomic E-state index is 12.4. The summed E-state index contributed by atoms with van der Waals surface area (Å²) in [6.07, 6.45) is -4.99. The van der Waals surface area contributed by atoms with E-state index in [1.807, 2.05) is 4.72 Å². The minimum atomic E-state index is -4.99. The number of thiocarbonyl (C=S) groups is 1. The standard InChI is InChI=1S/C14H12ClF3N4O3S2/c1-7-5-8(2)20-12(19-7)21-13(26)22-27(23,24)11-6-9(3-4-10(11)15)25-14(16,17)18/h3-6H,1-2H3,(H2,19,20,21,22,26). The highest BCUT2D eigenvalue weighted by Crippen LogP contribution is 2.29. The zero-order valence-corrected chi connectivity index (χ0v) is 16.1. The molecule has 0 spiro atoms. The zero-order valence-electron chi connectivity index (χ0n) is 13.8. The molecule has 146 valence electrons. The van der Waals surface area contributed by atoms with Gasteiger partial charge in [0.15, 0.2) is 5.11 Å². The molecule has 0 fully saturated rings. The largest absolute Gasteiger partial charge is 0.573 e. The Morgan fingerprint density at radius 2 is 1.78 bits per heavy atom. The van der Waals surface area contributed by atoms with Crippen LogP contribution in [0.5, 0.6) is 5.75 Å². The third-order valence-corrected chi connectivity index (χ3v) is 5.03. The molecule has 0 saturated heterocycles. The molecule has 0 saturated carbocycles. The van der Waals surface area contributed by atoms with Gasteiger partial charge in [0.2, 0.25) is 5.95 Å². The highest BCUT2D eigenvalue weighted by molar-refractivity contribution is 7.92. The third kappa shape index (κ3) is 6.19. The van der Waals surface area contributed by atoms with E-state index >= 15 is 0 Å². The van der Waals surface area contributed by atoms with Crippen molar-refractivity contribution in [2.24, 2.45) is 0 Å². The molecular formula is C14H12ClF3N4O3S2. The minimum absolute atomic E-state index is 0.0560. The molecule has 7 nitrogen and oxygen atoms in total. The Morgan fingerprint density at radius 3 is 2.33 bits per heavy atom. The Morgan fingerprint density at radius 1 is 1.19 bits per heavy atom. The van der Waals surface area contributed by atoms with Gasteiger partial charge in [0.1, 0.15) is 10.6 Å². The predicted octanol–water partition coefficient (Wildman–Crippen LogP) is 3.32. The molecule has 0 aliphatic carbocycles. The highest BCUT2D eigenvalue weighted by Gasteiger charge is 2.32. The molecule has 0 radical (unpaired) electrons. The number of rotatable bonds is 4. The fourth-order valence-corrected chi connectivity index (χ4v) is 3.82. The van der Waals surface area contributed by atoms with Crippen molar-refractivity contribution in [1.29, 1.82) is 0 Å². The molecule has 13 heteroatoms. The maximum Gasteiger partial charge on any atom is 0.573 e. The first-order valence-electron chi connectivity index (χ1n) is 7.07. The fraction of sp³-hybridized carbons (Fsp3) is 0.214. The lowest BCUT2D eigenvalue weighted by Gasteiger charge is -2.14. The second kappa shape index (κ2) is 7.82. The van der Waals surface area contributed by atoms with Gasteiger partial charge < -0.3 is 10.1 Å². The van der Waals surface area contributed by atoms with E-state index in [0.717, 1.165) is 12.1 Å². The van der Waals surface area contributed by atoms with E-state index < -0.39 is 32.1 Å². The number of sulfonamides is 1. The van der Waals surface area contributed by atoms with Crippen molar-refractivity contribution in [3.05, 3.63) is 40.7 Å². The summed E-state index contributed by atoms with van der Waals surface area (Å²) in [4.78, 5) is 7.42. The number of anilines is 1. The molecule has 2 aromatic rings. The SMILES string of the molecule is Cc1cc(C)nc(NC(=S)NS(=O)(=O)c2cc(OC(F)(F)F)ccc2Cl)n1. The normalized spacial score (nSPS) is 11.8. The molecule has 0 unspecified atom stereocenters. The summed E-state index contributed by atoms with van der Waals surface area (Å²) in [5, 5.41) is 1.78. The molecule has 0 bridgehead atoms. The zero-order chi connectivity index (χ0) is 20.4. The van der Waals surface area contributed by atoms with Crippen LogP contribution in [0, 0.1) is 13.8 Å². The van der Waals surface area contributed by atoms with Crippen molar-refractivity contribution in [3.63, 3.8) is 0 Å². The van der Waals surface area contributed by atoms with E-state index in [-0.39, 0.29) is 11.0 Å². The predicted molar refractivity (Wildman–Crippen MR) is 96.2 cm³/mol. The first-order valence-corrected chi connectivity index (χ1v) is 9.34. The van der Waals surface area contributed by atoms with Crippen LogP contribution in [-0.4, -0.2) is 29.9 Å². The van der Waals surface area contributed by atoms with Crippen LogP contribution in [0.3, 0.4) is 0 Å². The van der Waals surface area contributed by atoms with Crippen molar-refractivity contribution < 1.29 is 26.3 Å². The lowest BCUT2D eigenvalue weighted by atomic mass is 10.3. The van der Waals surface area contributed by atoms with Crippen LogP contribution >= 0.6 is 23.8 Å². The highest BCUT2D eigenvalue weighted by atomic mass is 35.5. The van der Waals surface area contributed by atoms with Crippen LogP contribution < -0.4 is 14.8 Å². The Labute approximate surface area is 163 Å². The van der Waals surface area contributed by atoms with Crippen LogP contribution in [0.15, 0.2) is 29.2 Å². The molecule has 2 N–H and O–H groups in total. The number of alkyl halides is 3. The van der Waals surface area contributed by atoms with Gasteiger partial charge in [-0.2, -0.15) is 0 Å². The molecule has 1 aromatic carbocycles. The van der Waals surface area contributed by atoms with Gasteiger partial charge in [-0.15, -0.1) is 13.2 Å². The van der Waals surface area contributed by atoms with Gasteiger partial charge in [-0.3, -0.25) is 4.72 Å². The first-order chi connectivity index (χ1) is 12.4. The Bertz CT molecular complexity index is 964. The lowest BCUT2D eigenvalue weighted by Crippen LogP contribution is -2.35. The smallest absolute Gasteiger partial charge is 0.406 e. The molecule has 2 rings (SSSR count). The third-order valence-electron chi connectivity index (χ3n) is 2.86. The molecule has 1 aromatic heterocycles. The van der Waals surface area contributed by atoms with E-state index in [1.54, 1.807) is 19.9 Å². The Kier molecular flexibility index (Phi) is 6.12. The van der Waals surface area contributed by atoms with Gasteiger partial charge in [-0.1, -0.05) is 11.6 Å². The van der Waals surface area contributed by atoms with Crippen molar-refractivity contribution in [3.8, 4) is 5.75 Å². The van der Waals surface area contributed by atoms with Gasteiger partial charge in [0, 0.05) is 17.5 Å². The van der Waals surface area contributed by atoms with E-state index in [4.69, 9.17) is 23.8 Å². The molecular weight excluding hydrogens is 429 g/mol. The van der Waals surface area contributed by atoms with Crippen LogP contribution in [-0.2, 0) is 10.0 Å². The summed E-state index contributed by atoms with van der Waals surface area (Å²) in [6.45, 7) is 3.41. The first kappa shape index (κ1) is 21.1. The summed E-state index contributed by atoms with van der Waals surface area (Å²) in [5.74, 6) is -0.691. The topological polar surface area (TPSA) is 93.2 Å². The van der Waals surface area contributed by atoms with Crippen LogP contribution in [0.25, 0.3) is 0 Å². The second-order valence-corrected chi connectivity index (χ2v) is 7.64. The summed E-state index contributed by atoms with van der Waals surface area (Å²) in [6, 6.07) is 4.17. The number of ether oxygens (including phenoxy) is 1. The van der Waals surface area contributed by atoms with E-state index in [9.17, 15) is 21.6 Å². The fourth-order valence-electron chi connectivity index (χ4n) is 1.97. The van der Waals surface area contributed by atoms with E-state index in [0.29, 0.717) is 17.5 Å². The van der Waals surface area contributed by atoms with Gasteiger partial charge in [-0.25, -0.2) is 18.4 Å². The van der Waals surface area contributed by atoms with Crippen molar-refractivity contribution in [2.75, 3.05) is 5.32 Å². The molecule has 0 aliphatic heterocycles. The van der Waals surface area contributed by atoms with Crippen LogP contribution in [0.2, 0.25) is 5.02 Å². The minimum Gasteiger partial charge on any atom is -0.406 e. The average molecular weight is 441 g/mol. The molecule has 1 heterocycles. The summed E-state index contributed by atoms with van der Waals surface area (Å²) < 4.78 is 67.5. The quantitative estimate of drug-likeness (QED) is 0.704. The van der Waals surface area contributed by atoms with Crippen molar-refractivity contribution in [1.82, 2.24) is 14.7 Å². The summed E-state index contributed by atoms with van der Waals surface area (Å²) in [7, 11) is -4.40. The van der Waals surface area contributed by atoms with Gasteiger partial charge in [0.25, 0.3) is 10.0 Å². The number of aryl methyl sites for hydroxylation is 2. The Balaban J connectivity index is 2.22. The van der Waals surface area contributed by atoms with Crippen molar-refractivity contribution >= 4 is 44.9 Å². The molecule has 0 atom stereocenters. The lowest BCUT2D eigenvalue weighted by molar-refractivity contribution is -0.274. The maximum atomic E-state index is 12.4. The summed E-state index contributed by atoms with van der Waals surface area (Å²) >= 11 is 10.7. The second-order valence-electron chi connectivity index (χ2n) is 5.17. The van der Waals surface area contributed by atoms with Gasteiger partial charge in [-0.05, 0) is 44.3 Å². The van der Waals surface area contributed by atoms with Crippen LogP contribution in [0.4, 0.5) is 19.1 Å². The van der Waals surface area contributed by atoms with Gasteiger partial charge in [0.05, 0.1) is 5.02 Å². The molecule has 0 amide bonds. The number of hydrogen-bond acceptors (Lipinski definition) is 6. The monoisotopic (exact) mass is 440 g/mol. The van der Waals surface area contributed by atoms with Crippen molar-refractivity contribution in [2.45, 2.75) is 25.1 Å². The number of nitrogens with zero attached hydrogens (tertiary/aromatic N) is 2. The van der Waals surface area contributed by atoms with E-state index in [2.05, 4.69) is 20.0 Å². The number of aromatic nitrogens is 2. The molecule has 27 heavy (non-hydrogen) atoms. The Hall–Kier alpha value is -2.18. The average Bonchev–Trinajstić information content (AvgIpc) is 2.45. The number of nitrogens with one attached hydrogen (secondary N) is 2. The van der Waals surface area contributed by atoms with E-state index in [1.165, 1.54) is 0 Å². The van der Waals surface area contributed by atoms with Crippen LogP contribution in [0.1, 0.15) is 11.4 Å². The van der Waals surface area contributed by atoms with Gasteiger partial charge >= 0.3 is 6.36 Å². The number of hydrogen-bond donors (Lipinski definition) is 2. The number of halogens is 4. The number of benzene rings is 1.